The van der Waals surface area contributed by atoms with Crippen LogP contribution in [0.1, 0.15) is 25.3 Å². The molecule has 1 aromatic carbocycles. The second-order valence-electron chi connectivity index (χ2n) is 5.00. The van der Waals surface area contributed by atoms with Crippen LogP contribution in [0.25, 0.3) is 0 Å². The second kappa shape index (κ2) is 9.42. The van der Waals surface area contributed by atoms with E-state index in [4.69, 9.17) is 4.74 Å². The lowest BCUT2D eigenvalue weighted by atomic mass is 10.2. The molecule has 6 nitrogen and oxygen atoms in total. The van der Waals surface area contributed by atoms with Gasteiger partial charge in [-0.2, -0.15) is 0 Å². The zero-order valence-electron chi connectivity index (χ0n) is 13.1. The molecule has 0 bridgehead atoms. The van der Waals surface area contributed by atoms with Crippen LogP contribution in [0.2, 0.25) is 0 Å². The molecule has 7 heteroatoms. The lowest BCUT2D eigenvalue weighted by Gasteiger charge is -2.08. The summed E-state index contributed by atoms with van der Waals surface area (Å²) in [6, 6.07) is 7.38. The normalized spacial score (nSPS) is 11.2. The van der Waals surface area contributed by atoms with Gasteiger partial charge in [-0.25, -0.2) is 13.1 Å². The number of sulfonamides is 1. The van der Waals surface area contributed by atoms with Crippen LogP contribution >= 0.6 is 0 Å². The summed E-state index contributed by atoms with van der Waals surface area (Å²) in [6.07, 6.45) is 1.88. The minimum atomic E-state index is -3.28. The fourth-order valence-electron chi connectivity index (χ4n) is 1.89. The Labute approximate surface area is 132 Å². The van der Waals surface area contributed by atoms with Gasteiger partial charge >= 0.3 is 0 Å². The van der Waals surface area contributed by atoms with E-state index in [2.05, 4.69) is 10.0 Å². The van der Waals surface area contributed by atoms with Crippen molar-refractivity contribution in [1.29, 1.82) is 0 Å². The van der Waals surface area contributed by atoms with Crippen molar-refractivity contribution in [2.24, 2.45) is 0 Å². The Hall–Kier alpha value is -1.60. The maximum Gasteiger partial charge on any atom is 0.216 e. The van der Waals surface area contributed by atoms with Crippen molar-refractivity contribution in [2.75, 3.05) is 26.0 Å². The molecule has 0 aliphatic heterocycles. The zero-order chi connectivity index (χ0) is 16.4. The van der Waals surface area contributed by atoms with Crippen LogP contribution < -0.4 is 14.8 Å². The van der Waals surface area contributed by atoms with E-state index in [0.29, 0.717) is 25.9 Å². The highest BCUT2D eigenvalue weighted by Crippen LogP contribution is 2.13. The number of amides is 1. The van der Waals surface area contributed by atoms with E-state index in [1.54, 1.807) is 7.11 Å². The summed E-state index contributed by atoms with van der Waals surface area (Å²) in [7, 11) is -1.70. The Morgan fingerprint density at radius 3 is 2.64 bits per heavy atom. The van der Waals surface area contributed by atoms with Crippen LogP contribution in [0, 0.1) is 0 Å². The Bertz CT molecular complexity index is 573. The third-order valence-electron chi connectivity index (χ3n) is 3.09. The highest BCUT2D eigenvalue weighted by atomic mass is 32.2. The first-order valence-corrected chi connectivity index (χ1v) is 8.93. The first-order valence-electron chi connectivity index (χ1n) is 7.27. The number of benzene rings is 1. The van der Waals surface area contributed by atoms with Gasteiger partial charge < -0.3 is 10.1 Å². The minimum Gasteiger partial charge on any atom is -0.497 e. The molecule has 1 rings (SSSR count). The van der Waals surface area contributed by atoms with Crippen LogP contribution in [0.4, 0.5) is 0 Å². The Kier molecular flexibility index (Phi) is 7.90. The molecule has 0 aliphatic carbocycles. The Morgan fingerprint density at radius 2 is 1.95 bits per heavy atom. The van der Waals surface area contributed by atoms with E-state index in [0.717, 1.165) is 17.7 Å². The Balaban J connectivity index is 2.27. The van der Waals surface area contributed by atoms with E-state index >= 15 is 0 Å². The average molecular weight is 328 g/mol. The number of unbranched alkanes of at least 4 members (excludes halogenated alkanes) is 1. The number of nitrogens with one attached hydrogen (secondary N) is 2. The molecule has 0 aliphatic rings. The third kappa shape index (κ3) is 7.99. The molecule has 0 heterocycles. The fraction of sp³-hybridized carbons (Fsp3) is 0.533. The summed E-state index contributed by atoms with van der Waals surface area (Å²) in [5.74, 6) is 0.700. The van der Waals surface area contributed by atoms with Gasteiger partial charge in [-0.1, -0.05) is 12.1 Å². The standard InChI is InChI=1S/C15H24N2O4S/c1-13(18)16-9-3-4-10-17-22(19,20)11-8-14-6-5-7-15(12-14)21-2/h5-7,12,17H,3-4,8-11H2,1-2H3,(H,16,18). The maximum absolute atomic E-state index is 11.9. The molecule has 0 atom stereocenters. The van der Waals surface area contributed by atoms with E-state index in [9.17, 15) is 13.2 Å². The van der Waals surface area contributed by atoms with Gasteiger partial charge in [-0.05, 0) is 37.0 Å². The molecule has 0 radical (unpaired) electrons. The highest BCUT2D eigenvalue weighted by molar-refractivity contribution is 7.89. The molecular weight excluding hydrogens is 304 g/mol. The average Bonchev–Trinajstić information content (AvgIpc) is 2.49. The molecule has 22 heavy (non-hydrogen) atoms. The predicted octanol–water partition coefficient (Wildman–Crippen LogP) is 1.07. The van der Waals surface area contributed by atoms with Gasteiger partial charge in [-0.3, -0.25) is 4.79 Å². The summed E-state index contributed by atoms with van der Waals surface area (Å²) < 4.78 is 31.5. The number of ether oxygens (including phenoxy) is 1. The molecule has 124 valence electrons. The molecule has 0 unspecified atom stereocenters. The molecule has 0 aromatic heterocycles. The number of hydrogen-bond acceptors (Lipinski definition) is 4. The number of carbonyl (C=O) groups excluding carboxylic acids is 1. The maximum atomic E-state index is 11.9. The summed E-state index contributed by atoms with van der Waals surface area (Å²) in [5, 5.41) is 2.67. The fourth-order valence-corrected chi connectivity index (χ4v) is 3.00. The van der Waals surface area contributed by atoms with Crippen LogP contribution in [0.3, 0.4) is 0 Å². The molecule has 0 fully saturated rings. The first kappa shape index (κ1) is 18.4. The van der Waals surface area contributed by atoms with Gasteiger partial charge in [0.1, 0.15) is 5.75 Å². The summed E-state index contributed by atoms with van der Waals surface area (Å²) in [6.45, 7) is 2.42. The second-order valence-corrected chi connectivity index (χ2v) is 6.93. The largest absolute Gasteiger partial charge is 0.497 e. The SMILES string of the molecule is COc1cccc(CCS(=O)(=O)NCCCCNC(C)=O)c1. The number of methoxy groups -OCH3 is 1. The van der Waals surface area contributed by atoms with Gasteiger partial charge in [0.05, 0.1) is 12.9 Å². The van der Waals surface area contributed by atoms with Crippen LogP contribution in [-0.2, 0) is 21.2 Å². The van der Waals surface area contributed by atoms with Crippen molar-refractivity contribution < 1.29 is 17.9 Å². The minimum absolute atomic E-state index is 0.0475. The molecular formula is C15H24N2O4S. The van der Waals surface area contributed by atoms with Gasteiger partial charge in [0.15, 0.2) is 0 Å². The molecule has 2 N–H and O–H groups in total. The van der Waals surface area contributed by atoms with Crippen LogP contribution in [-0.4, -0.2) is 40.3 Å². The van der Waals surface area contributed by atoms with Crippen molar-refractivity contribution in [3.8, 4) is 5.75 Å². The smallest absolute Gasteiger partial charge is 0.216 e. The molecule has 0 spiro atoms. The number of aryl methyl sites for hydroxylation is 1. The van der Waals surface area contributed by atoms with Crippen molar-refractivity contribution in [3.63, 3.8) is 0 Å². The highest BCUT2D eigenvalue weighted by Gasteiger charge is 2.10. The van der Waals surface area contributed by atoms with Gasteiger partial charge in [-0.15, -0.1) is 0 Å². The van der Waals surface area contributed by atoms with Crippen molar-refractivity contribution in [3.05, 3.63) is 29.8 Å². The predicted molar refractivity (Wildman–Crippen MR) is 86.4 cm³/mol. The monoisotopic (exact) mass is 328 g/mol. The lowest BCUT2D eigenvalue weighted by Crippen LogP contribution is -2.29. The van der Waals surface area contributed by atoms with Crippen molar-refractivity contribution in [2.45, 2.75) is 26.2 Å². The molecule has 0 saturated heterocycles. The zero-order valence-corrected chi connectivity index (χ0v) is 13.9. The van der Waals surface area contributed by atoms with Crippen LogP contribution in [0.15, 0.2) is 24.3 Å². The van der Waals surface area contributed by atoms with Gasteiger partial charge in [0, 0.05) is 20.0 Å². The Morgan fingerprint density at radius 1 is 1.23 bits per heavy atom. The summed E-state index contributed by atoms with van der Waals surface area (Å²) >= 11 is 0. The lowest BCUT2D eigenvalue weighted by molar-refractivity contribution is -0.118. The quantitative estimate of drug-likeness (QED) is 0.629. The summed E-state index contributed by atoms with van der Waals surface area (Å²) in [5.41, 5.74) is 0.926. The van der Waals surface area contributed by atoms with E-state index in [1.807, 2.05) is 24.3 Å². The molecule has 1 amide bonds. The van der Waals surface area contributed by atoms with Crippen molar-refractivity contribution >= 4 is 15.9 Å². The number of rotatable bonds is 10. The number of hydrogen-bond donors (Lipinski definition) is 2. The third-order valence-corrected chi connectivity index (χ3v) is 4.48. The van der Waals surface area contributed by atoms with E-state index < -0.39 is 10.0 Å². The van der Waals surface area contributed by atoms with Crippen molar-refractivity contribution in [1.82, 2.24) is 10.0 Å². The molecule has 1 aromatic rings. The molecule has 0 saturated carbocycles. The van der Waals surface area contributed by atoms with Gasteiger partial charge in [0.25, 0.3) is 0 Å². The summed E-state index contributed by atoms with van der Waals surface area (Å²) in [4.78, 5) is 10.7. The number of carbonyl (C=O) groups is 1. The van der Waals surface area contributed by atoms with E-state index in [1.165, 1.54) is 6.92 Å². The van der Waals surface area contributed by atoms with E-state index in [-0.39, 0.29) is 11.7 Å². The topological polar surface area (TPSA) is 84.5 Å². The first-order chi connectivity index (χ1) is 10.4. The van der Waals surface area contributed by atoms with Gasteiger partial charge in [0.2, 0.25) is 15.9 Å². The van der Waals surface area contributed by atoms with Crippen LogP contribution in [0.5, 0.6) is 5.75 Å².